The first-order chi connectivity index (χ1) is 6.68. The van der Waals surface area contributed by atoms with Gasteiger partial charge in [0.15, 0.2) is 0 Å². The molecule has 1 aromatic heterocycles. The first kappa shape index (κ1) is 9.21. The number of nitrogens with zero attached hydrogens (tertiary/aromatic N) is 2. The molecule has 1 saturated heterocycles. The number of carbonyl (C=O) groups is 1. The predicted molar refractivity (Wildman–Crippen MR) is 51.6 cm³/mol. The van der Waals surface area contributed by atoms with Crippen LogP contribution in [0.3, 0.4) is 0 Å². The van der Waals surface area contributed by atoms with Crippen LogP contribution in [0.1, 0.15) is 18.7 Å². The number of aromatic nitrogens is 2. The second-order valence-electron chi connectivity index (χ2n) is 3.57. The van der Waals surface area contributed by atoms with Crippen molar-refractivity contribution in [2.24, 2.45) is 7.05 Å². The Labute approximate surface area is 82.5 Å². The Morgan fingerprint density at radius 1 is 1.64 bits per heavy atom. The summed E-state index contributed by atoms with van der Waals surface area (Å²) < 4.78 is 1.82. The molecule has 0 saturated carbocycles. The zero-order chi connectivity index (χ0) is 10.1. The van der Waals surface area contributed by atoms with Crippen molar-refractivity contribution in [3.8, 4) is 0 Å². The maximum atomic E-state index is 11.2. The summed E-state index contributed by atoms with van der Waals surface area (Å²) in [5, 5.41) is 10.2. The van der Waals surface area contributed by atoms with E-state index in [1.54, 1.807) is 6.20 Å². The molecule has 1 fully saturated rings. The minimum Gasteiger partial charge on any atom is -0.353 e. The first-order valence-corrected chi connectivity index (χ1v) is 4.70. The molecule has 2 heterocycles. The van der Waals surface area contributed by atoms with E-state index in [1.165, 1.54) is 0 Å². The first-order valence-electron chi connectivity index (χ1n) is 4.70. The largest absolute Gasteiger partial charge is 0.353 e. The molecule has 1 amide bonds. The van der Waals surface area contributed by atoms with Gasteiger partial charge in [-0.15, -0.1) is 0 Å². The summed E-state index contributed by atoms with van der Waals surface area (Å²) in [5.41, 5.74) is 1.09. The van der Waals surface area contributed by atoms with E-state index in [0.717, 1.165) is 5.69 Å². The lowest BCUT2D eigenvalue weighted by molar-refractivity contribution is -0.124. The number of amides is 1. The van der Waals surface area contributed by atoms with Crippen LogP contribution < -0.4 is 10.6 Å². The lowest BCUT2D eigenvalue weighted by Gasteiger charge is -2.28. The molecule has 5 heteroatoms. The summed E-state index contributed by atoms with van der Waals surface area (Å²) in [5.74, 6) is 0.0587. The normalized spacial score (nSPS) is 27.4. The van der Waals surface area contributed by atoms with E-state index >= 15 is 0 Å². The molecule has 2 atom stereocenters. The van der Waals surface area contributed by atoms with Gasteiger partial charge in [0.05, 0.1) is 17.8 Å². The number of piperazine rings is 1. The third-order valence-corrected chi connectivity index (χ3v) is 2.54. The van der Waals surface area contributed by atoms with Crippen molar-refractivity contribution in [1.29, 1.82) is 0 Å². The zero-order valence-corrected chi connectivity index (χ0v) is 8.32. The molecular weight excluding hydrogens is 180 g/mol. The van der Waals surface area contributed by atoms with Crippen molar-refractivity contribution >= 4 is 5.91 Å². The standard InChI is InChI=1S/C9H14N4O/c1-6-9(14)10-5-7(12-6)8-3-4-11-13(8)2/h3-4,6-7,12H,5H2,1-2H3,(H,10,14). The Bertz CT molecular complexity index is 346. The molecule has 1 aliphatic heterocycles. The molecular formula is C9H14N4O. The summed E-state index contributed by atoms with van der Waals surface area (Å²) in [6.07, 6.45) is 1.76. The predicted octanol–water partition coefficient (Wildman–Crippen LogP) is -0.431. The van der Waals surface area contributed by atoms with Crippen LogP contribution in [0.4, 0.5) is 0 Å². The summed E-state index contributed by atoms with van der Waals surface area (Å²) in [6, 6.07) is 1.99. The van der Waals surface area contributed by atoms with Gasteiger partial charge in [-0.25, -0.2) is 0 Å². The lowest BCUT2D eigenvalue weighted by Crippen LogP contribution is -2.53. The molecule has 14 heavy (non-hydrogen) atoms. The van der Waals surface area contributed by atoms with Crippen LogP contribution in [0, 0.1) is 0 Å². The van der Waals surface area contributed by atoms with Gasteiger partial charge in [0.1, 0.15) is 0 Å². The Balaban J connectivity index is 2.14. The van der Waals surface area contributed by atoms with Crippen LogP contribution in [0.2, 0.25) is 0 Å². The summed E-state index contributed by atoms with van der Waals surface area (Å²) in [7, 11) is 1.90. The number of hydrogen-bond donors (Lipinski definition) is 2. The fraction of sp³-hybridized carbons (Fsp3) is 0.556. The Hall–Kier alpha value is -1.36. The van der Waals surface area contributed by atoms with E-state index in [9.17, 15) is 4.79 Å². The minimum absolute atomic E-state index is 0.0587. The fourth-order valence-corrected chi connectivity index (χ4v) is 1.71. The van der Waals surface area contributed by atoms with Gasteiger partial charge in [-0.05, 0) is 13.0 Å². The Morgan fingerprint density at radius 3 is 3.00 bits per heavy atom. The van der Waals surface area contributed by atoms with E-state index in [2.05, 4.69) is 15.7 Å². The molecule has 2 N–H and O–H groups in total. The number of rotatable bonds is 1. The van der Waals surface area contributed by atoms with Crippen molar-refractivity contribution in [3.63, 3.8) is 0 Å². The average Bonchev–Trinajstić information content (AvgIpc) is 2.57. The molecule has 1 aliphatic rings. The highest BCUT2D eigenvalue weighted by Crippen LogP contribution is 2.13. The Morgan fingerprint density at radius 2 is 2.43 bits per heavy atom. The Kier molecular flexibility index (Phi) is 2.25. The molecule has 1 aromatic rings. The van der Waals surface area contributed by atoms with Gasteiger partial charge in [0, 0.05) is 19.8 Å². The van der Waals surface area contributed by atoms with Crippen LogP contribution in [0.25, 0.3) is 0 Å². The highest BCUT2D eigenvalue weighted by Gasteiger charge is 2.26. The van der Waals surface area contributed by atoms with E-state index in [1.807, 2.05) is 24.7 Å². The highest BCUT2D eigenvalue weighted by atomic mass is 16.2. The van der Waals surface area contributed by atoms with Gasteiger partial charge in [-0.3, -0.25) is 14.8 Å². The molecule has 2 rings (SSSR count). The molecule has 0 aromatic carbocycles. The minimum atomic E-state index is -0.136. The van der Waals surface area contributed by atoms with Gasteiger partial charge < -0.3 is 5.32 Å². The molecule has 5 nitrogen and oxygen atoms in total. The smallest absolute Gasteiger partial charge is 0.236 e. The van der Waals surface area contributed by atoms with Gasteiger partial charge in [-0.1, -0.05) is 0 Å². The van der Waals surface area contributed by atoms with Gasteiger partial charge in [0.25, 0.3) is 0 Å². The van der Waals surface area contributed by atoms with Gasteiger partial charge in [0.2, 0.25) is 5.91 Å². The van der Waals surface area contributed by atoms with Crippen LogP contribution in [-0.2, 0) is 11.8 Å². The number of nitrogens with one attached hydrogen (secondary N) is 2. The number of aryl methyl sites for hydroxylation is 1. The molecule has 0 aliphatic carbocycles. The third kappa shape index (κ3) is 1.50. The topological polar surface area (TPSA) is 59.0 Å². The lowest BCUT2D eigenvalue weighted by atomic mass is 10.1. The van der Waals surface area contributed by atoms with Crippen LogP contribution in [0.15, 0.2) is 12.3 Å². The maximum absolute atomic E-state index is 11.2. The molecule has 76 valence electrons. The molecule has 0 spiro atoms. The third-order valence-electron chi connectivity index (χ3n) is 2.54. The summed E-state index contributed by atoms with van der Waals surface area (Å²) >= 11 is 0. The zero-order valence-electron chi connectivity index (χ0n) is 8.32. The molecule has 0 bridgehead atoms. The monoisotopic (exact) mass is 194 g/mol. The van der Waals surface area contributed by atoms with E-state index in [-0.39, 0.29) is 18.0 Å². The van der Waals surface area contributed by atoms with E-state index in [4.69, 9.17) is 0 Å². The second-order valence-corrected chi connectivity index (χ2v) is 3.57. The number of hydrogen-bond acceptors (Lipinski definition) is 3. The summed E-state index contributed by atoms with van der Waals surface area (Å²) in [6.45, 7) is 2.49. The SMILES string of the molecule is CC1NC(c2ccnn2C)CNC1=O. The number of carbonyl (C=O) groups excluding carboxylic acids is 1. The van der Waals surface area contributed by atoms with Crippen LogP contribution >= 0.6 is 0 Å². The van der Waals surface area contributed by atoms with Crippen molar-refractivity contribution in [2.45, 2.75) is 19.0 Å². The quantitative estimate of drug-likeness (QED) is 0.637. The highest BCUT2D eigenvalue weighted by molar-refractivity contribution is 5.82. The van der Waals surface area contributed by atoms with Crippen LogP contribution in [0.5, 0.6) is 0 Å². The summed E-state index contributed by atoms with van der Waals surface area (Å²) in [4.78, 5) is 11.2. The van der Waals surface area contributed by atoms with E-state index in [0.29, 0.717) is 6.54 Å². The fourth-order valence-electron chi connectivity index (χ4n) is 1.71. The van der Waals surface area contributed by atoms with Crippen molar-refractivity contribution in [3.05, 3.63) is 18.0 Å². The van der Waals surface area contributed by atoms with Crippen molar-refractivity contribution < 1.29 is 4.79 Å². The van der Waals surface area contributed by atoms with Crippen molar-refractivity contribution in [1.82, 2.24) is 20.4 Å². The second kappa shape index (κ2) is 3.42. The van der Waals surface area contributed by atoms with E-state index < -0.39 is 0 Å². The van der Waals surface area contributed by atoms with Gasteiger partial charge >= 0.3 is 0 Å². The van der Waals surface area contributed by atoms with Crippen LogP contribution in [-0.4, -0.2) is 28.3 Å². The molecule has 2 unspecified atom stereocenters. The average molecular weight is 194 g/mol. The maximum Gasteiger partial charge on any atom is 0.236 e. The van der Waals surface area contributed by atoms with Crippen molar-refractivity contribution in [2.75, 3.05) is 6.54 Å². The molecule has 0 radical (unpaired) electrons. The van der Waals surface area contributed by atoms with Gasteiger partial charge in [-0.2, -0.15) is 5.10 Å².